The number of hydrogen-bond donors (Lipinski definition) is 0. The van der Waals surface area contributed by atoms with Crippen LogP contribution in [0.1, 0.15) is 47.8 Å². The normalized spacial score (nSPS) is 22.4. The van der Waals surface area contributed by atoms with Gasteiger partial charge in [0.05, 0.1) is 12.0 Å². The molecule has 0 unspecified atom stereocenters. The molecule has 1 saturated heterocycles. The van der Waals surface area contributed by atoms with E-state index in [2.05, 4.69) is 55.0 Å². The maximum atomic E-state index is 12.5. The number of carbonyl (C=O) groups is 2. The molecule has 0 radical (unpaired) electrons. The summed E-state index contributed by atoms with van der Waals surface area (Å²) < 4.78 is 27.4. The van der Waals surface area contributed by atoms with Gasteiger partial charge in [-0.3, -0.25) is 9.59 Å². The van der Waals surface area contributed by atoms with E-state index in [0.717, 1.165) is 10.4 Å². The minimum Gasteiger partial charge on any atom is -0.453 e. The molecule has 0 N–H and O–H groups in total. The van der Waals surface area contributed by atoms with E-state index in [1.165, 1.54) is 20.2 Å². The number of esters is 2. The van der Waals surface area contributed by atoms with Crippen LogP contribution < -0.4 is 10.4 Å². The third-order valence-electron chi connectivity index (χ3n) is 8.03. The van der Waals surface area contributed by atoms with Crippen LogP contribution in [0.3, 0.4) is 0 Å². The summed E-state index contributed by atoms with van der Waals surface area (Å²) in [5.74, 6) is -1.09. The van der Waals surface area contributed by atoms with Gasteiger partial charge < -0.3 is 23.2 Å². The van der Waals surface area contributed by atoms with Gasteiger partial charge in [0.2, 0.25) is 0 Å². The molecule has 0 saturated carbocycles. The summed E-state index contributed by atoms with van der Waals surface area (Å²) in [6.07, 6.45) is 0.357. The smallest absolute Gasteiger partial charge is 0.303 e. The lowest BCUT2D eigenvalue weighted by atomic mass is 9.94. The molecule has 3 heterocycles. The van der Waals surface area contributed by atoms with Crippen molar-refractivity contribution >= 4 is 53.3 Å². The molecular formula is C32H36ClN3O6Si. The van der Waals surface area contributed by atoms with E-state index in [1.54, 1.807) is 23.8 Å². The molecule has 43 heavy (non-hydrogen) atoms. The Morgan fingerprint density at radius 1 is 0.977 bits per heavy atom. The van der Waals surface area contributed by atoms with E-state index in [9.17, 15) is 9.59 Å². The van der Waals surface area contributed by atoms with Gasteiger partial charge >= 0.3 is 11.9 Å². The second kappa shape index (κ2) is 11.8. The van der Waals surface area contributed by atoms with Gasteiger partial charge in [0.25, 0.3) is 8.32 Å². The van der Waals surface area contributed by atoms with E-state index >= 15 is 0 Å². The molecule has 5 rings (SSSR count). The van der Waals surface area contributed by atoms with Crippen LogP contribution >= 0.6 is 11.6 Å². The number of carbonyl (C=O) groups excluding carboxylic acids is 2. The van der Waals surface area contributed by atoms with E-state index in [4.69, 9.17) is 30.2 Å². The average molecular weight is 622 g/mol. The first-order chi connectivity index (χ1) is 20.4. The van der Waals surface area contributed by atoms with Crippen molar-refractivity contribution in [2.24, 2.45) is 0 Å². The molecule has 1 fully saturated rings. The highest BCUT2D eigenvalue weighted by Crippen LogP contribution is 2.45. The fourth-order valence-electron chi connectivity index (χ4n) is 6.15. The summed E-state index contributed by atoms with van der Waals surface area (Å²) in [6.45, 7) is 10.9. The topological polar surface area (TPSA) is 102 Å². The third-order valence-corrected chi connectivity index (χ3v) is 13.3. The van der Waals surface area contributed by atoms with Gasteiger partial charge in [-0.15, -0.1) is 0 Å². The Morgan fingerprint density at radius 2 is 1.58 bits per heavy atom. The van der Waals surface area contributed by atoms with E-state index in [0.29, 0.717) is 11.0 Å². The Balaban J connectivity index is 1.62. The molecule has 0 spiro atoms. The van der Waals surface area contributed by atoms with Crippen molar-refractivity contribution < 1.29 is 28.2 Å². The van der Waals surface area contributed by atoms with Crippen LogP contribution in [0.4, 0.5) is 0 Å². The Morgan fingerprint density at radius 3 is 2.12 bits per heavy atom. The van der Waals surface area contributed by atoms with Gasteiger partial charge in [-0.2, -0.15) is 0 Å². The SMILES string of the molecule is CC(=O)O[C@H]1[C@H](n2ccc3c(Cl)ncnc32)O[C@H](CO[Si](c2ccccc2)(c2ccccc2)C(C)(C)C)[C@@]1(C)OC(C)=O. The average Bonchev–Trinajstić information content (AvgIpc) is 3.49. The van der Waals surface area contributed by atoms with Gasteiger partial charge in [0.15, 0.2) is 17.9 Å². The van der Waals surface area contributed by atoms with Crippen molar-refractivity contribution in [1.82, 2.24) is 14.5 Å². The van der Waals surface area contributed by atoms with Crippen molar-refractivity contribution in [1.29, 1.82) is 0 Å². The summed E-state index contributed by atoms with van der Waals surface area (Å²) in [5, 5.41) is 2.77. The number of rotatable bonds is 8. The zero-order valence-electron chi connectivity index (χ0n) is 25.1. The number of hydrogen-bond acceptors (Lipinski definition) is 8. The van der Waals surface area contributed by atoms with E-state index in [-0.39, 0.29) is 16.8 Å². The molecule has 2 aromatic carbocycles. The predicted molar refractivity (Wildman–Crippen MR) is 166 cm³/mol. The van der Waals surface area contributed by atoms with Crippen LogP contribution in [0, 0.1) is 0 Å². The number of fused-ring (bicyclic) bond motifs is 1. The number of ether oxygens (including phenoxy) is 3. The molecule has 4 atom stereocenters. The van der Waals surface area contributed by atoms with Gasteiger partial charge in [-0.25, -0.2) is 9.97 Å². The van der Waals surface area contributed by atoms with Gasteiger partial charge in [0, 0.05) is 20.0 Å². The molecule has 0 bridgehead atoms. The van der Waals surface area contributed by atoms with Crippen molar-refractivity contribution in [3.63, 3.8) is 0 Å². The fourth-order valence-corrected chi connectivity index (χ4v) is 10.9. The van der Waals surface area contributed by atoms with E-state index in [1.807, 2.05) is 36.4 Å². The van der Waals surface area contributed by atoms with Crippen molar-refractivity contribution in [3.05, 3.63) is 84.4 Å². The number of benzene rings is 2. The zero-order valence-corrected chi connectivity index (χ0v) is 26.9. The molecule has 4 aromatic rings. The second-order valence-electron chi connectivity index (χ2n) is 11.9. The highest BCUT2D eigenvalue weighted by molar-refractivity contribution is 6.99. The Hall–Kier alpha value is -3.57. The largest absolute Gasteiger partial charge is 0.453 e. The minimum atomic E-state index is -2.99. The highest BCUT2D eigenvalue weighted by Gasteiger charge is 2.61. The maximum Gasteiger partial charge on any atom is 0.303 e. The lowest BCUT2D eigenvalue weighted by Gasteiger charge is -2.44. The van der Waals surface area contributed by atoms with Crippen LogP contribution in [-0.2, 0) is 28.2 Å². The van der Waals surface area contributed by atoms with Crippen LogP contribution in [0.2, 0.25) is 10.2 Å². The molecule has 0 aliphatic carbocycles. The monoisotopic (exact) mass is 621 g/mol. The van der Waals surface area contributed by atoms with Crippen LogP contribution in [0.5, 0.6) is 0 Å². The first-order valence-electron chi connectivity index (χ1n) is 14.1. The number of aromatic nitrogens is 3. The molecule has 2 aromatic heterocycles. The van der Waals surface area contributed by atoms with Crippen molar-refractivity contribution in [2.45, 2.75) is 70.6 Å². The maximum absolute atomic E-state index is 12.5. The molecule has 226 valence electrons. The molecule has 11 heteroatoms. The molecule has 1 aliphatic rings. The van der Waals surface area contributed by atoms with Crippen LogP contribution in [0.25, 0.3) is 11.0 Å². The fraction of sp³-hybridized carbons (Fsp3) is 0.375. The van der Waals surface area contributed by atoms with Gasteiger partial charge in [-0.1, -0.05) is 93.0 Å². The van der Waals surface area contributed by atoms with E-state index < -0.39 is 44.3 Å². The Labute approximate surface area is 257 Å². The van der Waals surface area contributed by atoms with Gasteiger partial charge in [0.1, 0.15) is 23.2 Å². The van der Waals surface area contributed by atoms with Crippen LogP contribution in [-0.4, -0.2) is 59.2 Å². The Kier molecular flexibility index (Phi) is 8.50. The summed E-state index contributed by atoms with van der Waals surface area (Å²) in [6, 6.07) is 22.2. The summed E-state index contributed by atoms with van der Waals surface area (Å²) in [5.41, 5.74) is -0.915. The van der Waals surface area contributed by atoms with Crippen molar-refractivity contribution in [2.75, 3.05) is 6.61 Å². The van der Waals surface area contributed by atoms with Gasteiger partial charge in [-0.05, 0) is 28.4 Å². The molecule has 1 aliphatic heterocycles. The predicted octanol–water partition coefficient (Wildman–Crippen LogP) is 4.81. The lowest BCUT2D eigenvalue weighted by Crippen LogP contribution is -2.67. The first kappa shape index (κ1) is 30.9. The molecular weight excluding hydrogens is 586 g/mol. The number of halogens is 1. The standard InChI is InChI=1S/C32H36ClN3O6Si/c1-21(37)40-27-30(36-18-17-25-28(33)34-20-35-29(25)36)41-26(32(27,6)42-22(2)38)19-39-43(31(3,4)5,23-13-9-7-10-14-23)24-15-11-8-12-16-24/h7-18,20,26-27,30H,19H2,1-6H3/t26-,27+,30-,32-/m1/s1. The summed E-state index contributed by atoms with van der Waals surface area (Å²) >= 11 is 6.33. The third kappa shape index (κ3) is 5.60. The Bertz CT molecular complexity index is 1570. The molecule has 0 amide bonds. The van der Waals surface area contributed by atoms with Crippen LogP contribution in [0.15, 0.2) is 79.3 Å². The lowest BCUT2D eigenvalue weighted by molar-refractivity contribution is -0.181. The quantitative estimate of drug-likeness (QED) is 0.157. The summed E-state index contributed by atoms with van der Waals surface area (Å²) in [4.78, 5) is 33.4. The molecule has 9 nitrogen and oxygen atoms in total. The number of nitrogens with zero attached hydrogens (tertiary/aromatic N) is 3. The van der Waals surface area contributed by atoms with Crippen molar-refractivity contribution in [3.8, 4) is 0 Å². The summed E-state index contributed by atoms with van der Waals surface area (Å²) in [7, 11) is -2.99. The second-order valence-corrected chi connectivity index (χ2v) is 16.6. The first-order valence-corrected chi connectivity index (χ1v) is 16.4. The highest BCUT2D eigenvalue weighted by atomic mass is 35.5. The zero-order chi connectivity index (χ0) is 31.0. The minimum absolute atomic E-state index is 0.0558.